The number of rotatable bonds is 4. The van der Waals surface area contributed by atoms with Gasteiger partial charge in [-0.15, -0.1) is 11.3 Å². The smallest absolute Gasteiger partial charge is 0.260 e. The number of aromatic nitrogens is 2. The Hall–Kier alpha value is -1.85. The number of H-pyrrole nitrogens is 1. The van der Waals surface area contributed by atoms with E-state index in [4.69, 9.17) is 5.26 Å². The third-order valence-electron chi connectivity index (χ3n) is 4.96. The highest BCUT2D eigenvalue weighted by molar-refractivity contribution is 7.99. The molecule has 1 N–H and O–H groups in total. The van der Waals surface area contributed by atoms with Crippen LogP contribution < -0.4 is 5.56 Å². The molecule has 3 rings (SSSR count). The molecule has 0 radical (unpaired) electrons. The summed E-state index contributed by atoms with van der Waals surface area (Å²) in [7, 11) is 1.61. The fraction of sp³-hybridized carbons (Fsp3) is 0.556. The molecule has 26 heavy (non-hydrogen) atoms. The summed E-state index contributed by atoms with van der Waals surface area (Å²) in [4.78, 5) is 35.7. The van der Waals surface area contributed by atoms with Gasteiger partial charge in [0.15, 0.2) is 5.16 Å². The second-order valence-electron chi connectivity index (χ2n) is 7.32. The number of carbonyl (C=O) groups is 1. The SMILES string of the molecule is C[C@@H]1CCc2c(sc3nc(SCC(=O)N(C)C(C)(C)C#N)[nH]c(=O)c23)C1. The Morgan fingerprint density at radius 3 is 2.96 bits per heavy atom. The van der Waals surface area contributed by atoms with Crippen molar-refractivity contribution >= 4 is 39.2 Å². The van der Waals surface area contributed by atoms with Crippen molar-refractivity contribution in [2.45, 2.75) is 50.7 Å². The highest BCUT2D eigenvalue weighted by atomic mass is 32.2. The number of nitriles is 1. The van der Waals surface area contributed by atoms with E-state index in [2.05, 4.69) is 23.0 Å². The average molecular weight is 391 g/mol. The van der Waals surface area contributed by atoms with Gasteiger partial charge in [-0.25, -0.2) is 4.98 Å². The Bertz CT molecular complexity index is 954. The van der Waals surface area contributed by atoms with Gasteiger partial charge in [-0.1, -0.05) is 18.7 Å². The van der Waals surface area contributed by atoms with Crippen molar-refractivity contribution in [2.75, 3.05) is 12.8 Å². The largest absolute Gasteiger partial charge is 0.327 e. The summed E-state index contributed by atoms with van der Waals surface area (Å²) < 4.78 is 0. The van der Waals surface area contributed by atoms with E-state index in [1.807, 2.05) is 0 Å². The van der Waals surface area contributed by atoms with Crippen molar-refractivity contribution in [1.29, 1.82) is 5.26 Å². The first-order valence-corrected chi connectivity index (χ1v) is 10.4. The number of carbonyl (C=O) groups excluding carboxylic acids is 1. The quantitative estimate of drug-likeness (QED) is 0.640. The van der Waals surface area contributed by atoms with Crippen molar-refractivity contribution in [3.63, 3.8) is 0 Å². The van der Waals surface area contributed by atoms with Gasteiger partial charge in [-0.2, -0.15) is 5.26 Å². The number of nitrogens with zero attached hydrogens (tertiary/aromatic N) is 3. The average Bonchev–Trinajstić information content (AvgIpc) is 2.96. The molecule has 0 aromatic carbocycles. The number of aromatic amines is 1. The van der Waals surface area contributed by atoms with Crippen LogP contribution in [-0.2, 0) is 17.6 Å². The molecule has 1 aliphatic rings. The van der Waals surface area contributed by atoms with Crippen molar-refractivity contribution in [3.8, 4) is 6.07 Å². The van der Waals surface area contributed by atoms with E-state index in [-0.39, 0.29) is 17.2 Å². The van der Waals surface area contributed by atoms with E-state index in [1.54, 1.807) is 32.2 Å². The minimum absolute atomic E-state index is 0.122. The number of amides is 1. The number of thioether (sulfide) groups is 1. The number of aryl methyl sites for hydroxylation is 1. The maximum atomic E-state index is 12.6. The van der Waals surface area contributed by atoms with Gasteiger partial charge < -0.3 is 9.88 Å². The molecule has 2 aromatic heterocycles. The van der Waals surface area contributed by atoms with Gasteiger partial charge in [0.1, 0.15) is 10.4 Å². The molecule has 0 aliphatic heterocycles. The summed E-state index contributed by atoms with van der Waals surface area (Å²) in [5.41, 5.74) is 0.161. The summed E-state index contributed by atoms with van der Waals surface area (Å²) in [5.74, 6) is 0.585. The Morgan fingerprint density at radius 1 is 1.54 bits per heavy atom. The molecule has 138 valence electrons. The number of thiophene rings is 1. The van der Waals surface area contributed by atoms with Gasteiger partial charge in [0.2, 0.25) is 5.91 Å². The molecule has 0 fully saturated rings. The second kappa shape index (κ2) is 7.05. The molecule has 0 saturated carbocycles. The zero-order valence-electron chi connectivity index (χ0n) is 15.4. The van der Waals surface area contributed by atoms with Crippen molar-refractivity contribution in [1.82, 2.24) is 14.9 Å². The normalized spacial score (nSPS) is 17.0. The highest BCUT2D eigenvalue weighted by Gasteiger charge is 2.27. The Labute approximate surface area is 160 Å². The maximum Gasteiger partial charge on any atom is 0.260 e. The van der Waals surface area contributed by atoms with Gasteiger partial charge in [-0.3, -0.25) is 9.59 Å². The van der Waals surface area contributed by atoms with Crippen LogP contribution in [0.3, 0.4) is 0 Å². The predicted octanol–water partition coefficient (Wildman–Crippen LogP) is 2.96. The lowest BCUT2D eigenvalue weighted by atomic mass is 9.89. The minimum Gasteiger partial charge on any atom is -0.327 e. The zero-order valence-corrected chi connectivity index (χ0v) is 17.0. The van der Waals surface area contributed by atoms with Crippen LogP contribution in [0.5, 0.6) is 0 Å². The monoisotopic (exact) mass is 390 g/mol. The van der Waals surface area contributed by atoms with Crippen molar-refractivity contribution < 1.29 is 4.79 Å². The van der Waals surface area contributed by atoms with Crippen molar-refractivity contribution in [2.24, 2.45) is 5.92 Å². The molecule has 0 saturated heterocycles. The molecule has 1 amide bonds. The first-order valence-electron chi connectivity index (χ1n) is 8.58. The second-order valence-corrected chi connectivity index (χ2v) is 9.36. The number of nitrogens with one attached hydrogen (secondary N) is 1. The number of fused-ring (bicyclic) bond motifs is 3. The Morgan fingerprint density at radius 2 is 2.27 bits per heavy atom. The fourth-order valence-electron chi connectivity index (χ4n) is 3.01. The third-order valence-corrected chi connectivity index (χ3v) is 6.97. The Balaban J connectivity index is 1.81. The first-order chi connectivity index (χ1) is 12.2. The fourth-order valence-corrected chi connectivity index (χ4v) is 5.23. The van der Waals surface area contributed by atoms with Gasteiger partial charge in [-0.05, 0) is 44.6 Å². The molecule has 0 unspecified atom stereocenters. The van der Waals surface area contributed by atoms with Gasteiger partial charge in [0, 0.05) is 11.9 Å². The molecule has 1 aliphatic carbocycles. The molecular formula is C18H22N4O2S2. The van der Waals surface area contributed by atoms with E-state index in [0.717, 1.165) is 35.0 Å². The molecule has 0 bridgehead atoms. The van der Waals surface area contributed by atoms with E-state index < -0.39 is 5.54 Å². The van der Waals surface area contributed by atoms with Crippen LogP contribution in [0.4, 0.5) is 0 Å². The third kappa shape index (κ3) is 3.51. The van der Waals surface area contributed by atoms with Gasteiger partial charge in [0.05, 0.1) is 17.2 Å². The lowest BCUT2D eigenvalue weighted by molar-refractivity contribution is -0.130. The van der Waals surface area contributed by atoms with Gasteiger partial charge >= 0.3 is 0 Å². The maximum absolute atomic E-state index is 12.6. The van der Waals surface area contributed by atoms with Crippen LogP contribution in [0.15, 0.2) is 9.95 Å². The predicted molar refractivity (Wildman–Crippen MR) is 105 cm³/mol. The van der Waals surface area contributed by atoms with Crippen LogP contribution in [0.25, 0.3) is 10.2 Å². The Kier molecular flexibility index (Phi) is 5.13. The molecule has 1 atom stereocenters. The lowest BCUT2D eigenvalue weighted by Crippen LogP contribution is -2.44. The first kappa shape index (κ1) is 18.9. The molecule has 2 aromatic rings. The summed E-state index contributed by atoms with van der Waals surface area (Å²) >= 11 is 2.80. The zero-order chi connectivity index (χ0) is 19.1. The van der Waals surface area contributed by atoms with E-state index in [0.29, 0.717) is 11.1 Å². The van der Waals surface area contributed by atoms with Crippen molar-refractivity contribution in [3.05, 3.63) is 20.8 Å². The van der Waals surface area contributed by atoms with Crippen LogP contribution in [0, 0.1) is 17.2 Å². The number of hydrogen-bond donors (Lipinski definition) is 1. The standard InChI is InChI=1S/C18H22N4O2S2/c1-10-5-6-11-12(7-10)26-16-14(11)15(24)20-17(21-16)25-8-13(23)22(4)18(2,3)9-19/h10H,5-8H2,1-4H3,(H,20,21,24)/t10-/m1/s1. The van der Waals surface area contributed by atoms with Crippen LogP contribution in [0.2, 0.25) is 0 Å². The van der Waals surface area contributed by atoms with Crippen LogP contribution in [-0.4, -0.2) is 39.1 Å². The van der Waals surface area contributed by atoms with E-state index >= 15 is 0 Å². The number of hydrogen-bond acceptors (Lipinski definition) is 6. The summed E-state index contributed by atoms with van der Waals surface area (Å²) in [6.45, 7) is 5.62. The molecule has 8 heteroatoms. The summed E-state index contributed by atoms with van der Waals surface area (Å²) in [5, 5.41) is 10.3. The van der Waals surface area contributed by atoms with E-state index in [1.165, 1.54) is 21.5 Å². The summed E-state index contributed by atoms with van der Waals surface area (Å²) in [6, 6.07) is 2.11. The van der Waals surface area contributed by atoms with Crippen LogP contribution >= 0.6 is 23.1 Å². The van der Waals surface area contributed by atoms with Crippen LogP contribution in [0.1, 0.15) is 37.6 Å². The highest BCUT2D eigenvalue weighted by Crippen LogP contribution is 2.36. The van der Waals surface area contributed by atoms with Gasteiger partial charge in [0.25, 0.3) is 5.56 Å². The lowest BCUT2D eigenvalue weighted by Gasteiger charge is -2.28. The summed E-state index contributed by atoms with van der Waals surface area (Å²) in [6.07, 6.45) is 3.04. The molecule has 2 heterocycles. The van der Waals surface area contributed by atoms with E-state index in [9.17, 15) is 9.59 Å². The molecule has 0 spiro atoms. The molecular weight excluding hydrogens is 368 g/mol. The topological polar surface area (TPSA) is 89.8 Å². The molecule has 6 nitrogen and oxygen atoms in total. The minimum atomic E-state index is -0.869.